The number of hydrogen-bond acceptors (Lipinski definition) is 4. The minimum atomic E-state index is -0.795. The number of amides is 2. The maximum atomic E-state index is 13.0. The SMILES string of the molecule is C[C@H]1C[C@@H](C(=O)O)CCN1C(=O)C1=CCC(NC(=O)OCC2c3ccccc3-c3ccccc32)C1. The zero-order valence-electron chi connectivity index (χ0n) is 19.8. The number of nitrogens with one attached hydrogen (secondary N) is 1. The number of ether oxygens (including phenoxy) is 1. The summed E-state index contributed by atoms with van der Waals surface area (Å²) in [7, 11) is 0. The van der Waals surface area contributed by atoms with Crippen LogP contribution in [0.5, 0.6) is 0 Å². The van der Waals surface area contributed by atoms with Crippen LogP contribution in [0.1, 0.15) is 49.7 Å². The van der Waals surface area contributed by atoms with E-state index in [0.717, 1.165) is 11.1 Å². The molecule has 7 heteroatoms. The third-order valence-corrected chi connectivity index (χ3v) is 7.54. The Morgan fingerprint density at radius 2 is 1.71 bits per heavy atom. The van der Waals surface area contributed by atoms with Gasteiger partial charge in [0.1, 0.15) is 6.61 Å². The predicted molar refractivity (Wildman–Crippen MR) is 131 cm³/mol. The molecular formula is C28H30N2O5. The minimum Gasteiger partial charge on any atom is -0.481 e. The molecule has 1 unspecified atom stereocenters. The van der Waals surface area contributed by atoms with Crippen LogP contribution in [0.2, 0.25) is 0 Å². The molecule has 0 radical (unpaired) electrons. The molecule has 0 bridgehead atoms. The van der Waals surface area contributed by atoms with Crippen molar-refractivity contribution in [3.8, 4) is 11.1 Å². The van der Waals surface area contributed by atoms with Crippen LogP contribution in [0.3, 0.4) is 0 Å². The number of likely N-dealkylation sites (tertiary alicyclic amines) is 1. The number of alkyl carbamates (subject to hydrolysis) is 1. The van der Waals surface area contributed by atoms with E-state index in [1.807, 2.05) is 37.3 Å². The molecule has 0 aromatic heterocycles. The molecule has 3 atom stereocenters. The van der Waals surface area contributed by atoms with Crippen molar-refractivity contribution in [3.63, 3.8) is 0 Å². The fraction of sp³-hybridized carbons (Fsp3) is 0.393. The molecule has 35 heavy (non-hydrogen) atoms. The van der Waals surface area contributed by atoms with Crippen molar-refractivity contribution in [1.29, 1.82) is 0 Å². The molecule has 0 saturated carbocycles. The van der Waals surface area contributed by atoms with Crippen LogP contribution in [-0.4, -0.2) is 53.2 Å². The van der Waals surface area contributed by atoms with Crippen molar-refractivity contribution in [3.05, 3.63) is 71.3 Å². The number of hydrogen-bond donors (Lipinski definition) is 2. The molecule has 5 rings (SSSR count). The number of carbonyl (C=O) groups is 3. The van der Waals surface area contributed by atoms with Gasteiger partial charge in [-0.25, -0.2) is 4.79 Å². The number of fused-ring (bicyclic) bond motifs is 3. The Morgan fingerprint density at radius 3 is 2.34 bits per heavy atom. The lowest BCUT2D eigenvalue weighted by Gasteiger charge is -2.36. The van der Waals surface area contributed by atoms with Gasteiger partial charge in [0.05, 0.1) is 5.92 Å². The second-order valence-corrected chi connectivity index (χ2v) is 9.74. The Kier molecular flexibility index (Phi) is 6.32. The normalized spacial score (nSPS) is 23.3. The number of carboxylic acids is 1. The molecule has 1 heterocycles. The molecule has 2 aliphatic carbocycles. The Hall–Kier alpha value is -3.61. The van der Waals surface area contributed by atoms with Gasteiger partial charge in [0.15, 0.2) is 0 Å². The molecular weight excluding hydrogens is 444 g/mol. The Bertz CT molecular complexity index is 1140. The number of piperidine rings is 1. The summed E-state index contributed by atoms with van der Waals surface area (Å²) in [6, 6.07) is 16.1. The Labute approximate surface area is 204 Å². The van der Waals surface area contributed by atoms with Gasteiger partial charge in [0.2, 0.25) is 5.91 Å². The van der Waals surface area contributed by atoms with E-state index in [1.54, 1.807) is 4.90 Å². The van der Waals surface area contributed by atoms with E-state index in [1.165, 1.54) is 11.1 Å². The minimum absolute atomic E-state index is 0.00205. The maximum Gasteiger partial charge on any atom is 0.407 e. The van der Waals surface area contributed by atoms with E-state index >= 15 is 0 Å². The summed E-state index contributed by atoms with van der Waals surface area (Å²) >= 11 is 0. The highest BCUT2D eigenvalue weighted by atomic mass is 16.5. The first kappa shape index (κ1) is 23.1. The Balaban J connectivity index is 1.14. The van der Waals surface area contributed by atoms with Gasteiger partial charge in [-0.05, 0) is 54.9 Å². The third-order valence-electron chi connectivity index (χ3n) is 7.54. The fourth-order valence-electron chi connectivity index (χ4n) is 5.69. The standard InChI is InChI=1S/C28H30N2O5/c1-17-14-19(27(32)33)12-13-30(17)26(31)18-10-11-20(15-18)29-28(34)35-16-25-23-8-4-2-6-21(23)22-7-3-5-9-24(22)25/h2-10,17,19-20,25H,11-16H2,1H3,(H,29,34)(H,32,33)/t17-,19-,20?/m0/s1. The average molecular weight is 475 g/mol. The lowest BCUT2D eigenvalue weighted by atomic mass is 9.91. The van der Waals surface area contributed by atoms with Crippen LogP contribution in [-0.2, 0) is 14.3 Å². The van der Waals surface area contributed by atoms with Crippen molar-refractivity contribution in [2.75, 3.05) is 13.2 Å². The lowest BCUT2D eigenvalue weighted by Crippen LogP contribution is -2.46. The van der Waals surface area contributed by atoms with Crippen LogP contribution < -0.4 is 5.32 Å². The Morgan fingerprint density at radius 1 is 1.06 bits per heavy atom. The van der Waals surface area contributed by atoms with E-state index in [0.29, 0.717) is 37.8 Å². The second-order valence-electron chi connectivity index (χ2n) is 9.74. The van der Waals surface area contributed by atoms with E-state index in [9.17, 15) is 19.5 Å². The van der Waals surface area contributed by atoms with Gasteiger partial charge in [0, 0.05) is 30.1 Å². The smallest absolute Gasteiger partial charge is 0.407 e. The number of aliphatic carboxylic acids is 1. The van der Waals surface area contributed by atoms with E-state index in [4.69, 9.17) is 4.74 Å². The highest BCUT2D eigenvalue weighted by molar-refractivity contribution is 5.94. The summed E-state index contributed by atoms with van der Waals surface area (Å²) in [4.78, 5) is 38.7. The summed E-state index contributed by atoms with van der Waals surface area (Å²) in [5.74, 6) is -1.24. The number of carbonyl (C=O) groups excluding carboxylic acids is 2. The molecule has 2 amide bonds. The summed E-state index contributed by atoms with van der Waals surface area (Å²) in [6.07, 6.45) is 3.37. The summed E-state index contributed by atoms with van der Waals surface area (Å²) in [5.41, 5.74) is 5.37. The highest BCUT2D eigenvalue weighted by Gasteiger charge is 2.35. The van der Waals surface area contributed by atoms with Gasteiger partial charge in [-0.15, -0.1) is 0 Å². The van der Waals surface area contributed by atoms with Gasteiger partial charge < -0.3 is 20.1 Å². The molecule has 7 nitrogen and oxygen atoms in total. The molecule has 1 aliphatic heterocycles. The van der Waals surface area contributed by atoms with Gasteiger partial charge in [-0.1, -0.05) is 54.6 Å². The zero-order chi connectivity index (χ0) is 24.5. The van der Waals surface area contributed by atoms with Crippen molar-refractivity contribution in [2.24, 2.45) is 5.92 Å². The number of benzene rings is 2. The molecule has 2 N–H and O–H groups in total. The molecule has 1 fully saturated rings. The highest BCUT2D eigenvalue weighted by Crippen LogP contribution is 2.44. The van der Waals surface area contributed by atoms with Gasteiger partial charge in [-0.2, -0.15) is 0 Å². The van der Waals surface area contributed by atoms with Crippen LogP contribution in [0.15, 0.2) is 60.2 Å². The van der Waals surface area contributed by atoms with Crippen LogP contribution in [0, 0.1) is 5.92 Å². The van der Waals surface area contributed by atoms with Crippen molar-refractivity contribution >= 4 is 18.0 Å². The predicted octanol–water partition coefficient (Wildman–Crippen LogP) is 4.33. The van der Waals surface area contributed by atoms with Crippen LogP contribution >= 0.6 is 0 Å². The zero-order valence-corrected chi connectivity index (χ0v) is 19.8. The topological polar surface area (TPSA) is 95.9 Å². The number of carboxylic acid groups (broad SMARTS) is 1. The van der Waals surface area contributed by atoms with Crippen LogP contribution in [0.25, 0.3) is 11.1 Å². The van der Waals surface area contributed by atoms with Crippen molar-refractivity contribution < 1.29 is 24.2 Å². The first-order valence-electron chi connectivity index (χ1n) is 12.3. The summed E-state index contributed by atoms with van der Waals surface area (Å²) in [5, 5.41) is 12.2. The average Bonchev–Trinajstić information content (AvgIpc) is 3.45. The molecule has 1 saturated heterocycles. The molecule has 2 aromatic rings. The number of nitrogens with zero attached hydrogens (tertiary/aromatic N) is 1. The third kappa shape index (κ3) is 4.55. The first-order chi connectivity index (χ1) is 16.9. The van der Waals surface area contributed by atoms with Gasteiger partial charge >= 0.3 is 12.1 Å². The van der Waals surface area contributed by atoms with E-state index in [-0.39, 0.29) is 30.5 Å². The summed E-state index contributed by atoms with van der Waals surface area (Å²) in [6.45, 7) is 2.59. The van der Waals surface area contributed by atoms with E-state index < -0.39 is 18.0 Å². The van der Waals surface area contributed by atoms with Crippen molar-refractivity contribution in [2.45, 2.75) is 50.6 Å². The molecule has 182 valence electrons. The van der Waals surface area contributed by atoms with Crippen LogP contribution in [0.4, 0.5) is 4.79 Å². The fourth-order valence-corrected chi connectivity index (χ4v) is 5.69. The number of rotatable bonds is 5. The quantitative estimate of drug-likeness (QED) is 0.673. The van der Waals surface area contributed by atoms with Gasteiger partial charge in [0.25, 0.3) is 0 Å². The molecule has 0 spiro atoms. The monoisotopic (exact) mass is 474 g/mol. The van der Waals surface area contributed by atoms with E-state index in [2.05, 4.69) is 29.6 Å². The lowest BCUT2D eigenvalue weighted by molar-refractivity contribution is -0.146. The second kappa shape index (κ2) is 9.56. The largest absolute Gasteiger partial charge is 0.481 e. The molecule has 3 aliphatic rings. The first-order valence-corrected chi connectivity index (χ1v) is 12.3. The van der Waals surface area contributed by atoms with Gasteiger partial charge in [-0.3, -0.25) is 9.59 Å². The summed E-state index contributed by atoms with van der Waals surface area (Å²) < 4.78 is 5.64. The maximum absolute atomic E-state index is 13.0. The molecule has 2 aromatic carbocycles. The van der Waals surface area contributed by atoms with Crippen molar-refractivity contribution in [1.82, 2.24) is 10.2 Å².